The molecule has 0 aromatic heterocycles. The van der Waals surface area contributed by atoms with Gasteiger partial charge >= 0.3 is 0 Å². The first-order chi connectivity index (χ1) is 6.78. The first-order valence-corrected chi connectivity index (χ1v) is 4.82. The number of aliphatic hydroxyl groups is 2. The third kappa shape index (κ3) is 2.05. The third-order valence-electron chi connectivity index (χ3n) is 2.48. The van der Waals surface area contributed by atoms with E-state index in [-0.39, 0.29) is 18.8 Å². The molecule has 3 nitrogen and oxygen atoms in total. The van der Waals surface area contributed by atoms with Gasteiger partial charge in [-0.3, -0.25) is 0 Å². The van der Waals surface area contributed by atoms with Crippen molar-refractivity contribution in [3.63, 3.8) is 0 Å². The second kappa shape index (κ2) is 3.98. The predicted octanol–water partition coefficient (Wildman–Crippen LogP) is 1.08. The summed E-state index contributed by atoms with van der Waals surface area (Å²) < 4.78 is 5.58. The van der Waals surface area contributed by atoms with Crippen LogP contribution >= 0.6 is 0 Å². The fourth-order valence-electron chi connectivity index (χ4n) is 1.50. The molecule has 0 atom stereocenters. The van der Waals surface area contributed by atoms with E-state index in [1.54, 1.807) is 0 Å². The number of ether oxygens (including phenoxy) is 1. The summed E-state index contributed by atoms with van der Waals surface area (Å²) in [5.74, 6) is 0.805. The fraction of sp³-hybridized carbons (Fsp3) is 0.455. The van der Waals surface area contributed by atoms with Crippen LogP contribution in [-0.4, -0.2) is 22.4 Å². The topological polar surface area (TPSA) is 49.7 Å². The van der Waals surface area contributed by atoms with E-state index in [1.165, 1.54) is 0 Å². The van der Waals surface area contributed by atoms with Crippen LogP contribution in [0.4, 0.5) is 0 Å². The van der Waals surface area contributed by atoms with Crippen LogP contribution in [-0.2, 0) is 6.61 Å². The average molecular weight is 194 g/mol. The largest absolute Gasteiger partial charge is 0.490 e. The summed E-state index contributed by atoms with van der Waals surface area (Å²) in [6, 6.07) is 7.36. The van der Waals surface area contributed by atoms with Crippen molar-refractivity contribution in [2.24, 2.45) is 0 Å². The van der Waals surface area contributed by atoms with E-state index in [0.29, 0.717) is 0 Å². The number of hydrogen-bond donors (Lipinski definition) is 2. The Hall–Kier alpha value is -1.06. The highest BCUT2D eigenvalue weighted by molar-refractivity contribution is 5.27. The van der Waals surface area contributed by atoms with Crippen LogP contribution in [0.2, 0.25) is 0 Å². The molecule has 2 N–H and O–H groups in total. The average Bonchev–Trinajstić information content (AvgIpc) is 2.17. The molecule has 0 heterocycles. The molecule has 1 aliphatic rings. The third-order valence-corrected chi connectivity index (χ3v) is 2.48. The SMILES string of the molecule is OCc1ccc(OC2CC(O)C2)cc1. The van der Waals surface area contributed by atoms with Crippen molar-refractivity contribution in [1.82, 2.24) is 0 Å². The fourth-order valence-corrected chi connectivity index (χ4v) is 1.50. The minimum atomic E-state index is -0.184. The van der Waals surface area contributed by atoms with Crippen LogP contribution in [0.15, 0.2) is 24.3 Å². The Morgan fingerprint density at radius 2 is 1.86 bits per heavy atom. The quantitative estimate of drug-likeness (QED) is 0.757. The number of aliphatic hydroxyl groups excluding tert-OH is 2. The van der Waals surface area contributed by atoms with Gasteiger partial charge in [0, 0.05) is 12.8 Å². The monoisotopic (exact) mass is 194 g/mol. The number of rotatable bonds is 3. The molecule has 0 bridgehead atoms. The summed E-state index contributed by atoms with van der Waals surface area (Å²) in [5, 5.41) is 17.9. The molecule has 1 aromatic carbocycles. The standard InChI is InChI=1S/C11H14O3/c12-7-8-1-3-10(4-2-8)14-11-5-9(13)6-11/h1-4,9,11-13H,5-7H2. The van der Waals surface area contributed by atoms with Gasteiger partial charge < -0.3 is 14.9 Å². The van der Waals surface area contributed by atoms with Gasteiger partial charge in [-0.05, 0) is 17.7 Å². The Balaban J connectivity index is 1.90. The lowest BCUT2D eigenvalue weighted by Gasteiger charge is -2.31. The van der Waals surface area contributed by atoms with Crippen LogP contribution in [0, 0.1) is 0 Å². The smallest absolute Gasteiger partial charge is 0.119 e. The predicted molar refractivity (Wildman–Crippen MR) is 52.0 cm³/mol. The van der Waals surface area contributed by atoms with Gasteiger partial charge in [0.25, 0.3) is 0 Å². The molecular weight excluding hydrogens is 180 g/mol. The van der Waals surface area contributed by atoms with Crippen LogP contribution in [0.1, 0.15) is 18.4 Å². The van der Waals surface area contributed by atoms with Crippen LogP contribution in [0.3, 0.4) is 0 Å². The maximum atomic E-state index is 9.07. The van der Waals surface area contributed by atoms with Gasteiger partial charge in [0.05, 0.1) is 12.7 Å². The Kier molecular flexibility index (Phi) is 2.70. The summed E-state index contributed by atoms with van der Waals surface area (Å²) in [6.07, 6.45) is 1.42. The van der Waals surface area contributed by atoms with Gasteiger partial charge in [0.1, 0.15) is 11.9 Å². The molecule has 76 valence electrons. The number of hydrogen-bond acceptors (Lipinski definition) is 3. The van der Waals surface area contributed by atoms with Crippen molar-refractivity contribution in [3.8, 4) is 5.75 Å². The van der Waals surface area contributed by atoms with Crippen molar-refractivity contribution < 1.29 is 14.9 Å². The highest BCUT2D eigenvalue weighted by atomic mass is 16.5. The Labute approximate surface area is 83.0 Å². The Morgan fingerprint density at radius 1 is 1.21 bits per heavy atom. The lowest BCUT2D eigenvalue weighted by Crippen LogP contribution is -2.37. The molecular formula is C11H14O3. The highest BCUT2D eigenvalue weighted by Gasteiger charge is 2.28. The molecule has 0 unspecified atom stereocenters. The van der Waals surface area contributed by atoms with Gasteiger partial charge in [-0.15, -0.1) is 0 Å². The molecule has 1 aromatic rings. The normalized spacial score (nSPS) is 25.6. The second-order valence-electron chi connectivity index (χ2n) is 3.67. The van der Waals surface area contributed by atoms with Gasteiger partial charge in [0.2, 0.25) is 0 Å². The van der Waals surface area contributed by atoms with E-state index in [9.17, 15) is 0 Å². The molecule has 0 radical (unpaired) electrons. The number of benzene rings is 1. The van der Waals surface area contributed by atoms with Gasteiger partial charge in [0.15, 0.2) is 0 Å². The summed E-state index contributed by atoms with van der Waals surface area (Å²) in [4.78, 5) is 0. The molecule has 2 rings (SSSR count). The zero-order chi connectivity index (χ0) is 9.97. The molecule has 1 fully saturated rings. The van der Waals surface area contributed by atoms with Crippen molar-refractivity contribution in [3.05, 3.63) is 29.8 Å². The summed E-state index contributed by atoms with van der Waals surface area (Å²) >= 11 is 0. The second-order valence-corrected chi connectivity index (χ2v) is 3.67. The molecule has 0 aliphatic heterocycles. The van der Waals surface area contributed by atoms with Crippen molar-refractivity contribution in [1.29, 1.82) is 0 Å². The van der Waals surface area contributed by atoms with Crippen molar-refractivity contribution in [2.45, 2.75) is 31.7 Å². The summed E-state index contributed by atoms with van der Waals surface area (Å²) in [6.45, 7) is 0.0580. The lowest BCUT2D eigenvalue weighted by molar-refractivity contribution is -0.0107. The molecule has 0 saturated heterocycles. The van der Waals surface area contributed by atoms with E-state index in [1.807, 2.05) is 24.3 Å². The molecule has 1 aliphatic carbocycles. The van der Waals surface area contributed by atoms with Gasteiger partial charge in [-0.25, -0.2) is 0 Å². The Morgan fingerprint density at radius 3 is 2.36 bits per heavy atom. The summed E-state index contributed by atoms with van der Waals surface area (Å²) in [7, 11) is 0. The van der Waals surface area contributed by atoms with E-state index in [2.05, 4.69) is 0 Å². The zero-order valence-corrected chi connectivity index (χ0v) is 7.89. The molecule has 0 spiro atoms. The molecule has 3 heteroatoms. The van der Waals surface area contributed by atoms with E-state index >= 15 is 0 Å². The van der Waals surface area contributed by atoms with Crippen LogP contribution in [0.5, 0.6) is 5.75 Å². The van der Waals surface area contributed by atoms with Crippen LogP contribution < -0.4 is 4.74 Å². The van der Waals surface area contributed by atoms with Crippen molar-refractivity contribution >= 4 is 0 Å². The van der Waals surface area contributed by atoms with Gasteiger partial charge in [-0.2, -0.15) is 0 Å². The minimum absolute atomic E-state index is 0.0580. The van der Waals surface area contributed by atoms with Crippen molar-refractivity contribution in [2.75, 3.05) is 0 Å². The minimum Gasteiger partial charge on any atom is -0.490 e. The first kappa shape index (κ1) is 9.49. The maximum absolute atomic E-state index is 9.07. The maximum Gasteiger partial charge on any atom is 0.119 e. The first-order valence-electron chi connectivity index (χ1n) is 4.82. The zero-order valence-electron chi connectivity index (χ0n) is 7.89. The van der Waals surface area contributed by atoms with E-state index < -0.39 is 0 Å². The lowest BCUT2D eigenvalue weighted by atomic mass is 9.92. The van der Waals surface area contributed by atoms with E-state index in [0.717, 1.165) is 24.2 Å². The molecule has 1 saturated carbocycles. The van der Waals surface area contributed by atoms with Crippen LogP contribution in [0.25, 0.3) is 0 Å². The molecule has 0 amide bonds. The van der Waals surface area contributed by atoms with Gasteiger partial charge in [-0.1, -0.05) is 12.1 Å². The summed E-state index contributed by atoms with van der Waals surface area (Å²) in [5.41, 5.74) is 0.881. The Bertz CT molecular complexity index is 288. The highest BCUT2D eigenvalue weighted by Crippen LogP contribution is 2.25. The molecule has 14 heavy (non-hydrogen) atoms. The van der Waals surface area contributed by atoms with E-state index in [4.69, 9.17) is 14.9 Å².